The van der Waals surface area contributed by atoms with E-state index < -0.39 is 5.91 Å². The monoisotopic (exact) mass is 369 g/mol. The van der Waals surface area contributed by atoms with E-state index in [0.717, 1.165) is 27.6 Å². The van der Waals surface area contributed by atoms with Crippen molar-refractivity contribution in [3.8, 4) is 11.4 Å². The zero-order chi connectivity index (χ0) is 19.7. The van der Waals surface area contributed by atoms with Crippen LogP contribution in [0, 0.1) is 13.8 Å². The van der Waals surface area contributed by atoms with Crippen LogP contribution in [0.15, 0.2) is 61.1 Å². The number of hydrogen-bond acceptors (Lipinski definition) is 4. The van der Waals surface area contributed by atoms with Gasteiger partial charge in [-0.25, -0.2) is 9.67 Å². The molecule has 2 aromatic carbocycles. The third kappa shape index (κ3) is 3.53. The van der Waals surface area contributed by atoms with Crippen LogP contribution in [-0.2, 0) is 4.79 Å². The van der Waals surface area contributed by atoms with Crippen LogP contribution >= 0.6 is 0 Å². The molecule has 0 fully saturated rings. The number of para-hydroxylation sites is 1. The molecule has 6 heteroatoms. The Morgan fingerprint density at radius 3 is 2.54 bits per heavy atom. The van der Waals surface area contributed by atoms with Gasteiger partial charge in [0.15, 0.2) is 5.82 Å². The summed E-state index contributed by atoms with van der Waals surface area (Å²) in [6, 6.07) is 15.7. The third-order valence-corrected chi connectivity index (χ3v) is 4.42. The van der Waals surface area contributed by atoms with E-state index >= 15 is 0 Å². The van der Waals surface area contributed by atoms with E-state index in [9.17, 15) is 4.79 Å². The molecule has 4 rings (SSSR count). The zero-order valence-corrected chi connectivity index (χ0v) is 15.6. The average Bonchev–Trinajstić information content (AvgIpc) is 3.13. The highest BCUT2D eigenvalue weighted by molar-refractivity contribution is 6.22. The summed E-state index contributed by atoms with van der Waals surface area (Å²) in [7, 11) is 0. The van der Waals surface area contributed by atoms with Gasteiger partial charge in [-0.15, -0.1) is 5.10 Å². The van der Waals surface area contributed by atoms with Crippen LogP contribution in [0.3, 0.4) is 0 Å². The van der Waals surface area contributed by atoms with Crippen molar-refractivity contribution in [1.29, 1.82) is 0 Å². The molecule has 0 spiro atoms. The maximum atomic E-state index is 12.1. The molecule has 1 amide bonds. The fourth-order valence-corrected chi connectivity index (χ4v) is 3.20. The summed E-state index contributed by atoms with van der Waals surface area (Å²) in [6.07, 6.45) is 4.78. The molecule has 0 atom stereocenters. The van der Waals surface area contributed by atoms with Crippen LogP contribution in [0.1, 0.15) is 16.7 Å². The van der Waals surface area contributed by atoms with Gasteiger partial charge in [0.1, 0.15) is 6.33 Å². The number of hydrogen-bond donors (Lipinski definition) is 1. The minimum Gasteiger partial charge on any atom is -0.366 e. The van der Waals surface area contributed by atoms with E-state index in [0.29, 0.717) is 17.0 Å². The van der Waals surface area contributed by atoms with Gasteiger partial charge in [-0.1, -0.05) is 35.4 Å². The maximum Gasteiger partial charge on any atom is 0.250 e. The first-order chi connectivity index (χ1) is 13.5. The highest BCUT2D eigenvalue weighted by Gasteiger charge is 2.12. The lowest BCUT2D eigenvalue weighted by Gasteiger charge is -2.05. The van der Waals surface area contributed by atoms with Crippen molar-refractivity contribution in [3.05, 3.63) is 77.7 Å². The summed E-state index contributed by atoms with van der Waals surface area (Å²) in [6.45, 7) is 4.07. The van der Waals surface area contributed by atoms with Crippen LogP contribution in [0.5, 0.6) is 0 Å². The van der Waals surface area contributed by atoms with E-state index in [-0.39, 0.29) is 0 Å². The van der Waals surface area contributed by atoms with Gasteiger partial charge in [0.25, 0.3) is 5.91 Å². The molecular weight excluding hydrogens is 350 g/mol. The molecule has 0 aliphatic heterocycles. The number of primary amides is 1. The molecule has 0 saturated heterocycles. The lowest BCUT2D eigenvalue weighted by atomic mass is 10.1. The average molecular weight is 369 g/mol. The van der Waals surface area contributed by atoms with Gasteiger partial charge >= 0.3 is 0 Å². The van der Waals surface area contributed by atoms with Gasteiger partial charge in [0, 0.05) is 28.9 Å². The third-order valence-electron chi connectivity index (χ3n) is 4.42. The van der Waals surface area contributed by atoms with E-state index in [4.69, 9.17) is 5.73 Å². The lowest BCUT2D eigenvalue weighted by Crippen LogP contribution is -2.14. The van der Waals surface area contributed by atoms with Crippen molar-refractivity contribution < 1.29 is 4.79 Å². The molecule has 2 N–H and O–H groups in total. The Bertz CT molecular complexity index is 1200. The Morgan fingerprint density at radius 1 is 1.04 bits per heavy atom. The minimum atomic E-state index is -0.555. The van der Waals surface area contributed by atoms with Crippen molar-refractivity contribution in [2.45, 2.75) is 13.8 Å². The standard InChI is InChI=1S/C22H19N5O/c1-14-7-15(2)9-17(8-14)22-25-13-27(26-22)12-19(21(23)28)18-10-16-5-3-4-6-20(16)24-11-18/h3-13H,1-2H3,(H2,23,28). The van der Waals surface area contributed by atoms with Crippen molar-refractivity contribution >= 4 is 28.6 Å². The van der Waals surface area contributed by atoms with Crippen LogP contribution < -0.4 is 5.73 Å². The van der Waals surface area contributed by atoms with Crippen molar-refractivity contribution in [2.24, 2.45) is 5.73 Å². The van der Waals surface area contributed by atoms with Crippen LogP contribution in [0.2, 0.25) is 0 Å². The number of benzene rings is 2. The van der Waals surface area contributed by atoms with E-state index in [1.807, 2.05) is 56.3 Å². The number of nitrogens with two attached hydrogens (primary N) is 1. The molecule has 2 aromatic heterocycles. The first kappa shape index (κ1) is 17.6. The Hall–Kier alpha value is -3.80. The Balaban J connectivity index is 1.74. The number of fused-ring (bicyclic) bond motifs is 1. The number of carbonyl (C=O) groups is 1. The van der Waals surface area contributed by atoms with Gasteiger partial charge in [0.05, 0.1) is 11.1 Å². The summed E-state index contributed by atoms with van der Waals surface area (Å²) in [4.78, 5) is 20.8. The molecule has 0 aliphatic carbocycles. The van der Waals surface area contributed by atoms with Gasteiger partial charge in [0.2, 0.25) is 0 Å². The molecule has 0 bridgehead atoms. The summed E-state index contributed by atoms with van der Waals surface area (Å²) < 4.78 is 1.50. The second kappa shape index (κ2) is 7.08. The number of nitrogens with zero attached hydrogens (tertiary/aromatic N) is 4. The topological polar surface area (TPSA) is 86.7 Å². The molecule has 0 saturated carbocycles. The molecule has 6 nitrogen and oxygen atoms in total. The normalized spacial score (nSPS) is 11.7. The zero-order valence-electron chi connectivity index (χ0n) is 15.6. The summed E-state index contributed by atoms with van der Waals surface area (Å²) in [5.74, 6) is 0.0315. The second-order valence-electron chi connectivity index (χ2n) is 6.75. The predicted molar refractivity (Wildman–Crippen MR) is 110 cm³/mol. The van der Waals surface area contributed by atoms with E-state index in [2.05, 4.69) is 21.1 Å². The first-order valence-electron chi connectivity index (χ1n) is 8.86. The molecule has 0 unspecified atom stereocenters. The van der Waals surface area contributed by atoms with Gasteiger partial charge in [-0.05, 0) is 38.1 Å². The van der Waals surface area contributed by atoms with Gasteiger partial charge in [-0.2, -0.15) is 0 Å². The van der Waals surface area contributed by atoms with Gasteiger partial charge < -0.3 is 5.73 Å². The fourth-order valence-electron chi connectivity index (χ4n) is 3.20. The van der Waals surface area contributed by atoms with Crippen molar-refractivity contribution in [1.82, 2.24) is 19.7 Å². The smallest absolute Gasteiger partial charge is 0.250 e. The minimum absolute atomic E-state index is 0.315. The quantitative estimate of drug-likeness (QED) is 0.557. The van der Waals surface area contributed by atoms with Crippen LogP contribution in [0.25, 0.3) is 34.1 Å². The largest absolute Gasteiger partial charge is 0.366 e. The van der Waals surface area contributed by atoms with E-state index in [1.54, 1.807) is 18.7 Å². The Kier molecular flexibility index (Phi) is 4.45. The number of amides is 1. The van der Waals surface area contributed by atoms with Crippen LogP contribution in [-0.4, -0.2) is 25.7 Å². The number of carbonyl (C=O) groups excluding carboxylic acids is 1. The molecule has 0 aliphatic rings. The number of rotatable bonds is 4. The van der Waals surface area contributed by atoms with Crippen molar-refractivity contribution in [2.75, 3.05) is 0 Å². The SMILES string of the molecule is Cc1cc(C)cc(-c2ncn(C=C(C(N)=O)c3cnc4ccccc4c3)n2)c1. The predicted octanol–water partition coefficient (Wildman–Crippen LogP) is 3.59. The fraction of sp³-hybridized carbons (Fsp3) is 0.0909. The molecule has 0 radical (unpaired) electrons. The summed E-state index contributed by atoms with van der Waals surface area (Å²) >= 11 is 0. The summed E-state index contributed by atoms with van der Waals surface area (Å²) in [5, 5.41) is 5.41. The van der Waals surface area contributed by atoms with Crippen LogP contribution in [0.4, 0.5) is 0 Å². The number of aromatic nitrogens is 4. The first-order valence-corrected chi connectivity index (χ1v) is 8.86. The lowest BCUT2D eigenvalue weighted by molar-refractivity contribution is -0.112. The Morgan fingerprint density at radius 2 is 1.79 bits per heavy atom. The highest BCUT2D eigenvalue weighted by Crippen LogP contribution is 2.21. The number of pyridine rings is 1. The van der Waals surface area contributed by atoms with Crippen molar-refractivity contribution in [3.63, 3.8) is 0 Å². The van der Waals surface area contributed by atoms with E-state index in [1.165, 1.54) is 4.68 Å². The molecule has 2 heterocycles. The summed E-state index contributed by atoms with van der Waals surface area (Å²) in [5.41, 5.74) is 10.6. The molecule has 138 valence electrons. The Labute approximate surface area is 162 Å². The number of aryl methyl sites for hydroxylation is 2. The second-order valence-corrected chi connectivity index (χ2v) is 6.75. The molecule has 4 aromatic rings. The molecular formula is C22H19N5O. The highest BCUT2D eigenvalue weighted by atomic mass is 16.1. The van der Waals surface area contributed by atoms with Gasteiger partial charge in [-0.3, -0.25) is 9.78 Å². The maximum absolute atomic E-state index is 12.1. The molecule has 28 heavy (non-hydrogen) atoms.